The van der Waals surface area contributed by atoms with E-state index in [9.17, 15) is 14.4 Å². The summed E-state index contributed by atoms with van der Waals surface area (Å²) in [5, 5.41) is 0. The fraction of sp³-hybridized carbons (Fsp3) is 0.609. The first-order valence-electron chi connectivity index (χ1n) is 10.8. The molecule has 1 saturated carbocycles. The van der Waals surface area contributed by atoms with E-state index in [-0.39, 0.29) is 29.6 Å². The van der Waals surface area contributed by atoms with Gasteiger partial charge in [0, 0.05) is 45.6 Å². The van der Waals surface area contributed by atoms with Crippen LogP contribution < -0.4 is 4.90 Å². The number of anilines is 1. The number of benzene rings is 1. The molecule has 1 aromatic rings. The van der Waals surface area contributed by atoms with Gasteiger partial charge in [-0.15, -0.1) is 0 Å². The zero-order chi connectivity index (χ0) is 21.0. The molecular weight excluding hydrogens is 366 g/mol. The highest BCUT2D eigenvalue weighted by atomic mass is 16.2. The SMILES string of the molecule is CCCCN(C)C(=O)C1CCN(C(=O)c2ccccc2N(C)C(=O)C2CC2)CC1. The fourth-order valence-electron chi connectivity index (χ4n) is 3.99. The van der Waals surface area contributed by atoms with E-state index in [0.717, 1.165) is 32.2 Å². The third-order valence-corrected chi connectivity index (χ3v) is 6.11. The van der Waals surface area contributed by atoms with Gasteiger partial charge in [0.25, 0.3) is 5.91 Å². The van der Waals surface area contributed by atoms with Gasteiger partial charge >= 0.3 is 0 Å². The van der Waals surface area contributed by atoms with Gasteiger partial charge in [-0.2, -0.15) is 0 Å². The molecular formula is C23H33N3O3. The summed E-state index contributed by atoms with van der Waals surface area (Å²) in [6.07, 6.45) is 5.35. The largest absolute Gasteiger partial charge is 0.346 e. The van der Waals surface area contributed by atoms with E-state index in [1.165, 1.54) is 0 Å². The van der Waals surface area contributed by atoms with Crippen molar-refractivity contribution < 1.29 is 14.4 Å². The minimum absolute atomic E-state index is 0.00438. The van der Waals surface area contributed by atoms with E-state index in [1.807, 2.05) is 35.0 Å². The maximum Gasteiger partial charge on any atom is 0.255 e. The van der Waals surface area contributed by atoms with Crippen molar-refractivity contribution in [2.75, 3.05) is 38.6 Å². The van der Waals surface area contributed by atoms with Crippen LogP contribution in [0.3, 0.4) is 0 Å². The summed E-state index contributed by atoms with van der Waals surface area (Å²) in [4.78, 5) is 43.6. The number of piperidine rings is 1. The van der Waals surface area contributed by atoms with Crippen molar-refractivity contribution in [1.29, 1.82) is 0 Å². The number of likely N-dealkylation sites (tertiary alicyclic amines) is 1. The average Bonchev–Trinajstić information content (AvgIpc) is 3.61. The Bertz CT molecular complexity index is 751. The highest BCUT2D eigenvalue weighted by Crippen LogP contribution is 2.33. The lowest BCUT2D eigenvalue weighted by Gasteiger charge is -2.34. The lowest BCUT2D eigenvalue weighted by atomic mass is 9.94. The van der Waals surface area contributed by atoms with Gasteiger partial charge in [0.2, 0.25) is 11.8 Å². The Balaban J connectivity index is 1.62. The number of unbranched alkanes of at least 4 members (excludes halogenated alkanes) is 1. The lowest BCUT2D eigenvalue weighted by Crippen LogP contribution is -2.44. The van der Waals surface area contributed by atoms with Crippen molar-refractivity contribution in [2.45, 2.75) is 45.4 Å². The van der Waals surface area contributed by atoms with Crippen LogP contribution >= 0.6 is 0 Å². The zero-order valence-electron chi connectivity index (χ0n) is 17.9. The summed E-state index contributed by atoms with van der Waals surface area (Å²) in [6.45, 7) is 4.07. The summed E-state index contributed by atoms with van der Waals surface area (Å²) in [7, 11) is 3.63. The maximum absolute atomic E-state index is 13.2. The Kier molecular flexibility index (Phi) is 6.93. The number of nitrogens with zero attached hydrogens (tertiary/aromatic N) is 3. The summed E-state index contributed by atoms with van der Waals surface area (Å²) < 4.78 is 0. The molecule has 1 saturated heterocycles. The first-order valence-corrected chi connectivity index (χ1v) is 10.8. The van der Waals surface area contributed by atoms with Crippen LogP contribution in [-0.2, 0) is 9.59 Å². The van der Waals surface area contributed by atoms with Gasteiger partial charge in [-0.3, -0.25) is 14.4 Å². The predicted molar refractivity (Wildman–Crippen MR) is 114 cm³/mol. The normalized spacial score (nSPS) is 17.1. The monoisotopic (exact) mass is 399 g/mol. The zero-order valence-corrected chi connectivity index (χ0v) is 17.9. The van der Waals surface area contributed by atoms with Gasteiger partial charge in [0.1, 0.15) is 0 Å². The number of carbonyl (C=O) groups excluding carboxylic acids is 3. The van der Waals surface area contributed by atoms with Crippen LogP contribution in [0, 0.1) is 11.8 Å². The molecule has 0 aromatic heterocycles. The van der Waals surface area contributed by atoms with E-state index in [2.05, 4.69) is 6.92 Å². The Morgan fingerprint density at radius 3 is 2.21 bits per heavy atom. The van der Waals surface area contributed by atoms with Crippen LogP contribution in [0.1, 0.15) is 55.8 Å². The molecule has 29 heavy (non-hydrogen) atoms. The molecule has 0 N–H and O–H groups in total. The van der Waals surface area contributed by atoms with Gasteiger partial charge in [0.05, 0.1) is 11.3 Å². The molecule has 6 nitrogen and oxygen atoms in total. The van der Waals surface area contributed by atoms with Crippen molar-refractivity contribution >= 4 is 23.4 Å². The topological polar surface area (TPSA) is 60.9 Å². The van der Waals surface area contributed by atoms with Gasteiger partial charge < -0.3 is 14.7 Å². The second kappa shape index (κ2) is 9.42. The summed E-state index contributed by atoms with van der Waals surface area (Å²) in [6, 6.07) is 7.33. The Morgan fingerprint density at radius 1 is 0.966 bits per heavy atom. The van der Waals surface area contributed by atoms with Crippen molar-refractivity contribution in [3.63, 3.8) is 0 Å². The van der Waals surface area contributed by atoms with Gasteiger partial charge in [0.15, 0.2) is 0 Å². The lowest BCUT2D eigenvalue weighted by molar-refractivity contribution is -0.135. The van der Waals surface area contributed by atoms with Crippen molar-refractivity contribution in [3.05, 3.63) is 29.8 Å². The Hall–Kier alpha value is -2.37. The number of rotatable bonds is 7. The third kappa shape index (κ3) is 4.98. The standard InChI is InChI=1S/C23H33N3O3/c1-4-5-14-24(2)21(27)18-12-15-26(16-13-18)23(29)19-8-6-7-9-20(19)25(3)22(28)17-10-11-17/h6-9,17-18H,4-5,10-16H2,1-3H3. The number of hydrogen-bond acceptors (Lipinski definition) is 3. The van der Waals surface area contributed by atoms with E-state index in [0.29, 0.717) is 37.2 Å². The number of carbonyl (C=O) groups is 3. The van der Waals surface area contributed by atoms with Crippen molar-refractivity contribution in [3.8, 4) is 0 Å². The Labute approximate surface area is 173 Å². The van der Waals surface area contributed by atoms with Crippen LogP contribution in [0.5, 0.6) is 0 Å². The molecule has 1 aromatic carbocycles. The molecule has 1 heterocycles. The number of amides is 3. The average molecular weight is 400 g/mol. The predicted octanol–water partition coefficient (Wildman–Crippen LogP) is 3.17. The summed E-state index contributed by atoms with van der Waals surface area (Å²) in [5.41, 5.74) is 1.24. The van der Waals surface area contributed by atoms with Crippen LogP contribution in [0.4, 0.5) is 5.69 Å². The molecule has 0 unspecified atom stereocenters. The molecule has 0 bridgehead atoms. The fourth-order valence-corrected chi connectivity index (χ4v) is 3.99. The second-order valence-electron chi connectivity index (χ2n) is 8.37. The molecule has 2 fully saturated rings. The van der Waals surface area contributed by atoms with Gasteiger partial charge in [-0.05, 0) is 44.2 Å². The minimum atomic E-state index is -0.0544. The molecule has 1 aliphatic carbocycles. The minimum Gasteiger partial charge on any atom is -0.346 e. The summed E-state index contributed by atoms with van der Waals surface area (Å²) >= 11 is 0. The molecule has 0 spiro atoms. The van der Waals surface area contributed by atoms with E-state index in [1.54, 1.807) is 18.0 Å². The molecule has 0 atom stereocenters. The quantitative estimate of drug-likeness (QED) is 0.708. The van der Waals surface area contributed by atoms with Crippen molar-refractivity contribution in [2.24, 2.45) is 11.8 Å². The molecule has 0 radical (unpaired) electrons. The summed E-state index contributed by atoms with van der Waals surface area (Å²) in [5.74, 6) is 0.330. The third-order valence-electron chi connectivity index (χ3n) is 6.11. The van der Waals surface area contributed by atoms with Crippen LogP contribution in [0.15, 0.2) is 24.3 Å². The number of hydrogen-bond donors (Lipinski definition) is 0. The van der Waals surface area contributed by atoms with Gasteiger partial charge in [-0.1, -0.05) is 25.5 Å². The van der Waals surface area contributed by atoms with Crippen molar-refractivity contribution in [1.82, 2.24) is 9.80 Å². The Morgan fingerprint density at radius 2 is 1.59 bits per heavy atom. The van der Waals surface area contributed by atoms with Crippen LogP contribution in [-0.4, -0.2) is 61.3 Å². The van der Waals surface area contributed by atoms with E-state index >= 15 is 0 Å². The molecule has 3 rings (SSSR count). The molecule has 6 heteroatoms. The van der Waals surface area contributed by atoms with Crippen LogP contribution in [0.2, 0.25) is 0 Å². The molecule has 3 amide bonds. The highest BCUT2D eigenvalue weighted by molar-refractivity contribution is 6.05. The van der Waals surface area contributed by atoms with E-state index < -0.39 is 0 Å². The highest BCUT2D eigenvalue weighted by Gasteiger charge is 2.34. The molecule has 1 aliphatic heterocycles. The first kappa shape index (κ1) is 21.3. The van der Waals surface area contributed by atoms with E-state index in [4.69, 9.17) is 0 Å². The number of para-hydroxylation sites is 1. The maximum atomic E-state index is 13.2. The van der Waals surface area contributed by atoms with Crippen LogP contribution in [0.25, 0.3) is 0 Å². The molecule has 158 valence electrons. The molecule has 2 aliphatic rings. The second-order valence-corrected chi connectivity index (χ2v) is 8.37. The van der Waals surface area contributed by atoms with Gasteiger partial charge in [-0.25, -0.2) is 0 Å². The first-order chi connectivity index (χ1) is 13.9. The smallest absolute Gasteiger partial charge is 0.255 e.